The number of carbonyl (C=O) groups excluding carboxylic acids is 1. The molecule has 0 aliphatic rings. The van der Waals surface area contributed by atoms with Gasteiger partial charge in [-0.2, -0.15) is 0 Å². The number of nitrogens with one attached hydrogen (secondary N) is 1. The summed E-state index contributed by atoms with van der Waals surface area (Å²) in [7, 11) is 0. The van der Waals surface area contributed by atoms with Crippen LogP contribution in [0.15, 0.2) is 18.3 Å². The number of hydrogen-bond acceptors (Lipinski definition) is 3. The monoisotopic (exact) mass is 193 g/mol. The standard InChI is InChI=1S/C10H15N3O/c1-3-7(2)10(14)13-9-8(11)5-4-6-12-9/h4-7H,3,11H2,1-2H3,(H,12,13,14). The van der Waals surface area contributed by atoms with Crippen molar-refractivity contribution in [3.05, 3.63) is 18.3 Å². The number of nitrogens with two attached hydrogens (primary N) is 1. The Hall–Kier alpha value is -1.58. The Balaban J connectivity index is 2.70. The summed E-state index contributed by atoms with van der Waals surface area (Å²) in [6.45, 7) is 3.83. The lowest BCUT2D eigenvalue weighted by molar-refractivity contribution is -0.119. The Morgan fingerprint density at radius 1 is 1.71 bits per heavy atom. The van der Waals surface area contributed by atoms with Crippen LogP contribution in [0, 0.1) is 5.92 Å². The maximum Gasteiger partial charge on any atom is 0.228 e. The fourth-order valence-electron chi connectivity index (χ4n) is 0.947. The predicted molar refractivity (Wildman–Crippen MR) is 56.7 cm³/mol. The van der Waals surface area contributed by atoms with Gasteiger partial charge < -0.3 is 11.1 Å². The second-order valence-corrected chi connectivity index (χ2v) is 3.24. The second-order valence-electron chi connectivity index (χ2n) is 3.24. The molecule has 0 saturated carbocycles. The molecule has 0 spiro atoms. The van der Waals surface area contributed by atoms with Crippen molar-refractivity contribution in [1.29, 1.82) is 0 Å². The van der Waals surface area contributed by atoms with E-state index in [0.717, 1.165) is 6.42 Å². The van der Waals surface area contributed by atoms with E-state index in [2.05, 4.69) is 10.3 Å². The van der Waals surface area contributed by atoms with E-state index < -0.39 is 0 Å². The van der Waals surface area contributed by atoms with Crippen LogP contribution in [-0.2, 0) is 4.79 Å². The van der Waals surface area contributed by atoms with Gasteiger partial charge in [0, 0.05) is 12.1 Å². The van der Waals surface area contributed by atoms with Gasteiger partial charge >= 0.3 is 0 Å². The highest BCUT2D eigenvalue weighted by Gasteiger charge is 2.11. The van der Waals surface area contributed by atoms with E-state index >= 15 is 0 Å². The minimum absolute atomic E-state index is 0.0172. The number of amides is 1. The van der Waals surface area contributed by atoms with Crippen molar-refractivity contribution in [2.45, 2.75) is 20.3 Å². The van der Waals surface area contributed by atoms with Crippen molar-refractivity contribution in [3.8, 4) is 0 Å². The van der Waals surface area contributed by atoms with Gasteiger partial charge in [-0.3, -0.25) is 4.79 Å². The van der Waals surface area contributed by atoms with Crippen LogP contribution >= 0.6 is 0 Å². The molecule has 0 fully saturated rings. The summed E-state index contributed by atoms with van der Waals surface area (Å²) in [5.74, 6) is 0.382. The summed E-state index contributed by atoms with van der Waals surface area (Å²) >= 11 is 0. The minimum Gasteiger partial charge on any atom is -0.396 e. The average Bonchev–Trinajstić information content (AvgIpc) is 2.20. The molecule has 14 heavy (non-hydrogen) atoms. The number of pyridine rings is 1. The first-order valence-electron chi connectivity index (χ1n) is 4.66. The van der Waals surface area contributed by atoms with E-state index in [-0.39, 0.29) is 11.8 Å². The molecule has 0 aliphatic carbocycles. The van der Waals surface area contributed by atoms with Gasteiger partial charge in [0.05, 0.1) is 5.69 Å². The van der Waals surface area contributed by atoms with Gasteiger partial charge in [-0.05, 0) is 18.6 Å². The Morgan fingerprint density at radius 2 is 2.43 bits per heavy atom. The van der Waals surface area contributed by atoms with E-state index in [1.807, 2.05) is 13.8 Å². The van der Waals surface area contributed by atoms with E-state index in [1.165, 1.54) is 0 Å². The molecule has 3 N–H and O–H groups in total. The molecule has 0 radical (unpaired) electrons. The third-order valence-electron chi connectivity index (χ3n) is 2.14. The second kappa shape index (κ2) is 4.60. The Morgan fingerprint density at radius 3 is 3.00 bits per heavy atom. The number of anilines is 2. The lowest BCUT2D eigenvalue weighted by Crippen LogP contribution is -2.21. The quantitative estimate of drug-likeness (QED) is 0.766. The molecule has 0 saturated heterocycles. The first-order valence-corrected chi connectivity index (χ1v) is 4.66. The number of hydrogen-bond donors (Lipinski definition) is 2. The minimum atomic E-state index is -0.0436. The van der Waals surface area contributed by atoms with E-state index in [9.17, 15) is 4.79 Å². The summed E-state index contributed by atoms with van der Waals surface area (Å²) in [5, 5.41) is 2.69. The van der Waals surface area contributed by atoms with Gasteiger partial charge in [0.15, 0.2) is 5.82 Å². The maximum atomic E-state index is 11.5. The zero-order valence-electron chi connectivity index (χ0n) is 8.45. The van der Waals surface area contributed by atoms with Gasteiger partial charge in [-0.25, -0.2) is 4.98 Å². The number of rotatable bonds is 3. The molecular weight excluding hydrogens is 178 g/mol. The first kappa shape index (κ1) is 10.5. The molecule has 1 aromatic heterocycles. The number of nitrogen functional groups attached to an aromatic ring is 1. The summed E-state index contributed by atoms with van der Waals surface area (Å²) in [5.41, 5.74) is 6.12. The maximum absolute atomic E-state index is 11.5. The zero-order valence-corrected chi connectivity index (χ0v) is 8.45. The SMILES string of the molecule is CCC(C)C(=O)Nc1ncccc1N. The molecule has 1 aromatic rings. The van der Waals surface area contributed by atoms with Gasteiger partial charge in [0.1, 0.15) is 0 Å². The van der Waals surface area contributed by atoms with Gasteiger partial charge in [0.25, 0.3) is 0 Å². The largest absolute Gasteiger partial charge is 0.396 e. The summed E-state index contributed by atoms with van der Waals surface area (Å²) in [4.78, 5) is 15.5. The van der Waals surface area contributed by atoms with Crippen molar-refractivity contribution in [2.75, 3.05) is 11.1 Å². The molecular formula is C10H15N3O. The smallest absolute Gasteiger partial charge is 0.228 e. The van der Waals surface area contributed by atoms with Crippen molar-refractivity contribution in [3.63, 3.8) is 0 Å². The van der Waals surface area contributed by atoms with Gasteiger partial charge in [-0.1, -0.05) is 13.8 Å². The number of carbonyl (C=O) groups is 1. The van der Waals surface area contributed by atoms with Gasteiger partial charge in [0.2, 0.25) is 5.91 Å². The van der Waals surface area contributed by atoms with Crippen LogP contribution in [0.5, 0.6) is 0 Å². The van der Waals surface area contributed by atoms with Crippen LogP contribution < -0.4 is 11.1 Å². The third-order valence-corrected chi connectivity index (χ3v) is 2.14. The fourth-order valence-corrected chi connectivity index (χ4v) is 0.947. The third kappa shape index (κ3) is 2.45. The van der Waals surface area contributed by atoms with Crippen molar-refractivity contribution in [2.24, 2.45) is 5.92 Å². The molecule has 1 rings (SSSR count). The van der Waals surface area contributed by atoms with Crippen LogP contribution in [0.3, 0.4) is 0 Å². The summed E-state index contributed by atoms with van der Waals surface area (Å²) < 4.78 is 0. The topological polar surface area (TPSA) is 68.0 Å². The van der Waals surface area contributed by atoms with E-state index in [0.29, 0.717) is 11.5 Å². The normalized spacial score (nSPS) is 12.1. The van der Waals surface area contributed by atoms with Gasteiger partial charge in [-0.15, -0.1) is 0 Å². The molecule has 0 aromatic carbocycles. The highest BCUT2D eigenvalue weighted by atomic mass is 16.1. The predicted octanol–water partition coefficient (Wildman–Crippen LogP) is 1.65. The fraction of sp³-hybridized carbons (Fsp3) is 0.400. The molecule has 1 unspecified atom stereocenters. The Bertz CT molecular complexity index is 325. The summed E-state index contributed by atoms with van der Waals surface area (Å²) in [6.07, 6.45) is 2.40. The average molecular weight is 193 g/mol. The van der Waals surface area contributed by atoms with Crippen molar-refractivity contribution in [1.82, 2.24) is 4.98 Å². The highest BCUT2D eigenvalue weighted by Crippen LogP contribution is 2.14. The van der Waals surface area contributed by atoms with Crippen LogP contribution in [0.25, 0.3) is 0 Å². The van der Waals surface area contributed by atoms with Crippen LogP contribution in [-0.4, -0.2) is 10.9 Å². The Labute approximate surface area is 83.5 Å². The van der Waals surface area contributed by atoms with E-state index in [4.69, 9.17) is 5.73 Å². The lowest BCUT2D eigenvalue weighted by atomic mass is 10.1. The first-order chi connectivity index (χ1) is 6.65. The molecule has 4 nitrogen and oxygen atoms in total. The molecule has 76 valence electrons. The van der Waals surface area contributed by atoms with Crippen LogP contribution in [0.4, 0.5) is 11.5 Å². The van der Waals surface area contributed by atoms with Crippen molar-refractivity contribution >= 4 is 17.4 Å². The molecule has 4 heteroatoms. The van der Waals surface area contributed by atoms with E-state index in [1.54, 1.807) is 18.3 Å². The molecule has 1 heterocycles. The molecule has 1 atom stereocenters. The molecule has 0 bridgehead atoms. The Kier molecular flexibility index (Phi) is 3.45. The number of aromatic nitrogens is 1. The number of nitrogens with zero attached hydrogens (tertiary/aromatic N) is 1. The molecule has 0 aliphatic heterocycles. The van der Waals surface area contributed by atoms with Crippen molar-refractivity contribution < 1.29 is 4.79 Å². The van der Waals surface area contributed by atoms with Crippen LogP contribution in [0.1, 0.15) is 20.3 Å². The zero-order chi connectivity index (χ0) is 10.6. The lowest BCUT2D eigenvalue weighted by Gasteiger charge is -2.10. The van der Waals surface area contributed by atoms with Crippen LogP contribution in [0.2, 0.25) is 0 Å². The summed E-state index contributed by atoms with van der Waals surface area (Å²) in [6, 6.07) is 3.44. The highest BCUT2D eigenvalue weighted by molar-refractivity contribution is 5.93. The molecule has 1 amide bonds.